The van der Waals surface area contributed by atoms with E-state index in [9.17, 15) is 0 Å². The largest absolute Gasteiger partial charge is 0.340 e. The highest BCUT2D eigenvalue weighted by molar-refractivity contribution is 9.10. The van der Waals surface area contributed by atoms with Crippen LogP contribution in [0.25, 0.3) is 10.8 Å². The number of nitrogens with one attached hydrogen (secondary N) is 1. The third-order valence-electron chi connectivity index (χ3n) is 2.93. The van der Waals surface area contributed by atoms with Gasteiger partial charge in [-0.05, 0) is 41.3 Å². The van der Waals surface area contributed by atoms with Crippen molar-refractivity contribution in [3.05, 3.63) is 52.1 Å². The van der Waals surface area contributed by atoms with E-state index in [-0.39, 0.29) is 0 Å². The van der Waals surface area contributed by atoms with E-state index in [1.54, 1.807) is 6.07 Å². The van der Waals surface area contributed by atoms with Crippen LogP contribution in [-0.4, -0.2) is 16.2 Å². The van der Waals surface area contributed by atoms with Gasteiger partial charge in [0, 0.05) is 16.2 Å². The van der Waals surface area contributed by atoms with Gasteiger partial charge in [-0.15, -0.1) is 0 Å². The van der Waals surface area contributed by atoms with Crippen molar-refractivity contribution in [3.8, 4) is 0 Å². The fraction of sp³-hybridized carbons (Fsp3) is 0.0667. The van der Waals surface area contributed by atoms with Crippen LogP contribution in [0, 0.1) is 0 Å². The monoisotopic (exact) mass is 379 g/mol. The zero-order chi connectivity index (χ0) is 14.8. The van der Waals surface area contributed by atoms with Gasteiger partial charge < -0.3 is 5.32 Å². The van der Waals surface area contributed by atoms with E-state index >= 15 is 0 Å². The zero-order valence-corrected chi connectivity index (χ0v) is 14.3. The molecule has 0 fully saturated rings. The van der Waals surface area contributed by atoms with Crippen molar-refractivity contribution >= 4 is 61.6 Å². The summed E-state index contributed by atoms with van der Waals surface area (Å²) in [7, 11) is 0. The molecule has 0 amide bonds. The molecule has 3 rings (SSSR count). The third-order valence-corrected chi connectivity index (χ3v) is 4.17. The number of aromatic nitrogens is 2. The van der Waals surface area contributed by atoms with Gasteiger partial charge in [0.05, 0.1) is 0 Å². The number of thioether (sulfide) groups is 1. The summed E-state index contributed by atoms with van der Waals surface area (Å²) in [6.07, 6.45) is 1.92. The minimum Gasteiger partial charge on any atom is -0.340 e. The van der Waals surface area contributed by atoms with Crippen LogP contribution in [0.1, 0.15) is 0 Å². The number of hydrogen-bond donors (Lipinski definition) is 1. The molecule has 21 heavy (non-hydrogen) atoms. The van der Waals surface area contributed by atoms with E-state index in [0.29, 0.717) is 16.1 Å². The maximum atomic E-state index is 6.00. The maximum Gasteiger partial charge on any atom is 0.190 e. The highest BCUT2D eigenvalue weighted by Gasteiger charge is 2.04. The molecule has 0 aliphatic rings. The first kappa shape index (κ1) is 14.6. The lowest BCUT2D eigenvalue weighted by Gasteiger charge is -2.08. The Morgan fingerprint density at radius 3 is 2.62 bits per heavy atom. The molecule has 106 valence electrons. The Morgan fingerprint density at radius 2 is 1.81 bits per heavy atom. The Kier molecular flexibility index (Phi) is 4.33. The van der Waals surface area contributed by atoms with Gasteiger partial charge in [0.25, 0.3) is 0 Å². The summed E-state index contributed by atoms with van der Waals surface area (Å²) in [5.74, 6) is 0.691. The van der Waals surface area contributed by atoms with Crippen LogP contribution in [0.3, 0.4) is 0 Å². The second kappa shape index (κ2) is 6.22. The number of hydrogen-bond acceptors (Lipinski definition) is 4. The molecular formula is C15H11BrClN3S. The minimum absolute atomic E-state index is 0.432. The van der Waals surface area contributed by atoms with E-state index in [4.69, 9.17) is 11.6 Å². The second-order valence-corrected chi connectivity index (χ2v) is 6.47. The topological polar surface area (TPSA) is 37.8 Å². The molecule has 1 heterocycles. The third kappa shape index (κ3) is 3.48. The highest BCUT2D eigenvalue weighted by atomic mass is 79.9. The lowest BCUT2D eigenvalue weighted by atomic mass is 10.1. The number of rotatable bonds is 3. The minimum atomic E-state index is 0.432. The molecule has 6 heteroatoms. The number of fused-ring (bicyclic) bond motifs is 1. The number of halogens is 2. The van der Waals surface area contributed by atoms with Gasteiger partial charge in [-0.2, -0.15) is 0 Å². The predicted octanol–water partition coefficient (Wildman–Crippen LogP) is 5.51. The first-order valence-electron chi connectivity index (χ1n) is 6.19. The van der Waals surface area contributed by atoms with E-state index in [1.165, 1.54) is 17.1 Å². The Bertz CT molecular complexity index is 810. The van der Waals surface area contributed by atoms with Gasteiger partial charge in [0.15, 0.2) is 5.16 Å². The average Bonchev–Trinajstić information content (AvgIpc) is 2.47. The molecule has 0 saturated carbocycles. The predicted molar refractivity (Wildman–Crippen MR) is 93.8 cm³/mol. The normalized spacial score (nSPS) is 10.8. The molecule has 2 aromatic carbocycles. The van der Waals surface area contributed by atoms with Gasteiger partial charge in [-0.25, -0.2) is 9.97 Å². The van der Waals surface area contributed by atoms with Crippen LogP contribution >= 0.6 is 39.3 Å². The average molecular weight is 381 g/mol. The van der Waals surface area contributed by atoms with Crippen LogP contribution < -0.4 is 5.32 Å². The first-order chi connectivity index (χ1) is 10.1. The fourth-order valence-electron chi connectivity index (χ4n) is 1.99. The van der Waals surface area contributed by atoms with Gasteiger partial charge in [-0.3, -0.25) is 0 Å². The molecular weight excluding hydrogens is 370 g/mol. The second-order valence-electron chi connectivity index (χ2n) is 4.39. The Labute approximate surface area is 140 Å². The van der Waals surface area contributed by atoms with Crippen molar-refractivity contribution < 1.29 is 0 Å². The molecule has 0 spiro atoms. The molecule has 0 radical (unpaired) electrons. The van der Waals surface area contributed by atoms with Crippen molar-refractivity contribution in [1.29, 1.82) is 0 Å². The van der Waals surface area contributed by atoms with Crippen molar-refractivity contribution in [1.82, 2.24) is 9.97 Å². The van der Waals surface area contributed by atoms with E-state index in [1.807, 2.05) is 18.4 Å². The summed E-state index contributed by atoms with van der Waals surface area (Å²) in [5.41, 5.74) is 0.964. The Morgan fingerprint density at radius 1 is 1.05 bits per heavy atom. The quantitative estimate of drug-likeness (QED) is 0.369. The molecule has 0 bridgehead atoms. The molecule has 1 N–H and O–H groups in total. The van der Waals surface area contributed by atoms with E-state index < -0.39 is 0 Å². The molecule has 3 aromatic rings. The van der Waals surface area contributed by atoms with Crippen molar-refractivity contribution in [2.45, 2.75) is 5.16 Å². The molecule has 0 aliphatic carbocycles. The molecule has 1 aromatic heterocycles. The van der Waals surface area contributed by atoms with Crippen molar-refractivity contribution in [2.75, 3.05) is 11.6 Å². The smallest absolute Gasteiger partial charge is 0.190 e. The fourth-order valence-corrected chi connectivity index (χ4v) is 2.99. The zero-order valence-electron chi connectivity index (χ0n) is 11.1. The maximum absolute atomic E-state index is 6.00. The van der Waals surface area contributed by atoms with Crippen LogP contribution in [0.5, 0.6) is 0 Å². The molecule has 0 saturated heterocycles. The van der Waals surface area contributed by atoms with Crippen molar-refractivity contribution in [3.63, 3.8) is 0 Å². The SMILES string of the molecule is CSc1nc(Cl)cc(Nc2ccc3cc(Br)ccc3c2)n1. The lowest BCUT2D eigenvalue weighted by molar-refractivity contribution is 0.976. The summed E-state index contributed by atoms with van der Waals surface area (Å²) >= 11 is 10.9. The van der Waals surface area contributed by atoms with Crippen LogP contribution in [0.2, 0.25) is 5.15 Å². The standard InChI is InChI=1S/C15H11BrClN3S/c1-21-15-19-13(17)8-14(20-15)18-12-5-3-9-6-11(16)4-2-10(9)7-12/h2-8H,1H3,(H,18,19,20). The summed E-state index contributed by atoms with van der Waals surface area (Å²) in [5, 5.41) is 6.69. The number of benzene rings is 2. The van der Waals surface area contributed by atoms with Crippen LogP contribution in [0.15, 0.2) is 52.1 Å². The summed E-state index contributed by atoms with van der Waals surface area (Å²) in [6.45, 7) is 0. The van der Waals surface area contributed by atoms with Gasteiger partial charge in [-0.1, -0.05) is 51.4 Å². The van der Waals surface area contributed by atoms with E-state index in [2.05, 4.69) is 55.5 Å². The van der Waals surface area contributed by atoms with Gasteiger partial charge >= 0.3 is 0 Å². The Hall–Kier alpha value is -1.30. The van der Waals surface area contributed by atoms with Gasteiger partial charge in [0.1, 0.15) is 11.0 Å². The molecule has 0 unspecified atom stereocenters. The van der Waals surface area contributed by atoms with Crippen LogP contribution in [-0.2, 0) is 0 Å². The lowest BCUT2D eigenvalue weighted by Crippen LogP contribution is -1.96. The number of nitrogens with zero attached hydrogens (tertiary/aromatic N) is 2. The summed E-state index contributed by atoms with van der Waals surface area (Å²) in [4.78, 5) is 8.52. The Balaban J connectivity index is 1.94. The van der Waals surface area contributed by atoms with Crippen LogP contribution in [0.4, 0.5) is 11.5 Å². The molecule has 0 aliphatic heterocycles. The summed E-state index contributed by atoms with van der Waals surface area (Å²) in [6, 6.07) is 14.1. The number of anilines is 2. The van der Waals surface area contributed by atoms with Crippen molar-refractivity contribution in [2.24, 2.45) is 0 Å². The van der Waals surface area contributed by atoms with Gasteiger partial charge in [0.2, 0.25) is 0 Å². The first-order valence-corrected chi connectivity index (χ1v) is 8.58. The summed E-state index contributed by atoms with van der Waals surface area (Å²) < 4.78 is 1.07. The van der Waals surface area contributed by atoms with E-state index in [0.717, 1.165) is 15.5 Å². The molecule has 0 atom stereocenters. The molecule has 3 nitrogen and oxygen atoms in total. The highest BCUT2D eigenvalue weighted by Crippen LogP contribution is 2.25.